The van der Waals surface area contributed by atoms with Crippen LogP contribution >= 0.6 is 0 Å². The van der Waals surface area contributed by atoms with Crippen LogP contribution in [0.3, 0.4) is 0 Å². The summed E-state index contributed by atoms with van der Waals surface area (Å²) in [6.45, 7) is 3.44. The molecule has 0 aromatic rings. The molecule has 0 aromatic carbocycles. The van der Waals surface area contributed by atoms with Crippen LogP contribution in [-0.2, 0) is 9.53 Å². The molecule has 1 fully saturated rings. The Balaban J connectivity index is 2.73. The van der Waals surface area contributed by atoms with E-state index in [-0.39, 0.29) is 12.4 Å². The second kappa shape index (κ2) is 1.78. The Hall–Kier alpha value is -0.410. The molecule has 0 bridgehead atoms. The van der Waals surface area contributed by atoms with Gasteiger partial charge in [0.15, 0.2) is 5.78 Å². The lowest BCUT2D eigenvalue weighted by Gasteiger charge is -2.18. The van der Waals surface area contributed by atoms with Crippen molar-refractivity contribution in [3.05, 3.63) is 0 Å². The van der Waals surface area contributed by atoms with Crippen molar-refractivity contribution in [2.45, 2.75) is 25.6 Å². The average Bonchev–Trinajstić information content (AvgIpc) is 1.97. The number of hydrogen-bond acceptors (Lipinski definition) is 3. The molecule has 1 heterocycles. The van der Waals surface area contributed by atoms with Gasteiger partial charge in [0.1, 0.15) is 12.7 Å². The lowest BCUT2D eigenvalue weighted by Crippen LogP contribution is -2.35. The molecule has 1 rings (SSSR count). The van der Waals surface area contributed by atoms with E-state index in [1.807, 2.05) is 0 Å². The predicted octanol–water partition coefficient (Wildman–Crippen LogP) is -0.275. The Labute approximate surface area is 53.6 Å². The molecule has 9 heavy (non-hydrogen) atoms. The first-order valence-corrected chi connectivity index (χ1v) is 2.89. The van der Waals surface area contributed by atoms with Gasteiger partial charge in [0.05, 0.1) is 5.60 Å². The molecule has 0 saturated carbocycles. The van der Waals surface area contributed by atoms with Crippen LogP contribution in [0, 0.1) is 0 Å². The summed E-state index contributed by atoms with van der Waals surface area (Å²) < 4.78 is 4.97. The third-order valence-corrected chi connectivity index (χ3v) is 1.55. The van der Waals surface area contributed by atoms with E-state index >= 15 is 0 Å². The Morgan fingerprint density at radius 1 is 1.78 bits per heavy atom. The molecule has 3 heteroatoms. The van der Waals surface area contributed by atoms with E-state index in [1.54, 1.807) is 13.8 Å². The molecule has 0 unspecified atom stereocenters. The van der Waals surface area contributed by atoms with Crippen molar-refractivity contribution in [2.24, 2.45) is 0 Å². The smallest absolute Gasteiger partial charge is 0.189 e. The quantitative estimate of drug-likeness (QED) is 0.490. The zero-order valence-corrected chi connectivity index (χ0v) is 5.55. The molecule has 3 nitrogen and oxygen atoms in total. The van der Waals surface area contributed by atoms with Crippen LogP contribution in [0.2, 0.25) is 0 Å². The molecule has 0 aliphatic carbocycles. The first kappa shape index (κ1) is 6.71. The number of Topliss-reactive ketones (excluding diaryl/α,β-unsaturated/α-hetero) is 1. The monoisotopic (exact) mass is 130 g/mol. The van der Waals surface area contributed by atoms with Gasteiger partial charge in [-0.2, -0.15) is 0 Å². The van der Waals surface area contributed by atoms with Crippen LogP contribution in [0.4, 0.5) is 0 Å². The Kier molecular flexibility index (Phi) is 1.33. The van der Waals surface area contributed by atoms with E-state index in [9.17, 15) is 4.79 Å². The second-order valence-corrected chi connectivity index (χ2v) is 2.76. The summed E-state index contributed by atoms with van der Waals surface area (Å²) in [6.07, 6.45) is -0.933. The highest BCUT2D eigenvalue weighted by Crippen LogP contribution is 2.21. The molecular weight excluding hydrogens is 120 g/mol. The summed E-state index contributed by atoms with van der Waals surface area (Å²) in [5.41, 5.74) is -0.670. The fourth-order valence-corrected chi connectivity index (χ4v) is 0.803. The lowest BCUT2D eigenvalue weighted by molar-refractivity contribution is -0.124. The van der Waals surface area contributed by atoms with Crippen molar-refractivity contribution in [3.8, 4) is 0 Å². The van der Waals surface area contributed by atoms with Crippen LogP contribution in [0.15, 0.2) is 0 Å². The van der Waals surface area contributed by atoms with Crippen LogP contribution in [0.1, 0.15) is 13.8 Å². The van der Waals surface area contributed by atoms with Gasteiger partial charge < -0.3 is 9.84 Å². The minimum absolute atomic E-state index is 0.0498. The average molecular weight is 130 g/mol. The van der Waals surface area contributed by atoms with Crippen molar-refractivity contribution in [2.75, 3.05) is 6.61 Å². The standard InChI is InChI=1S/C6H10O3/c1-6(2)5(8)4(7)3-9-6/h5,8H,3H2,1-2H3/t5-/m1/s1. The van der Waals surface area contributed by atoms with Crippen molar-refractivity contribution < 1.29 is 14.6 Å². The summed E-state index contributed by atoms with van der Waals surface area (Å²) in [5.74, 6) is -0.222. The Bertz CT molecular complexity index is 139. The van der Waals surface area contributed by atoms with Crippen molar-refractivity contribution >= 4 is 5.78 Å². The molecule has 0 radical (unpaired) electrons. The van der Waals surface area contributed by atoms with E-state index < -0.39 is 11.7 Å². The largest absolute Gasteiger partial charge is 0.382 e. The summed E-state index contributed by atoms with van der Waals surface area (Å²) in [7, 11) is 0. The van der Waals surface area contributed by atoms with Gasteiger partial charge in [-0.25, -0.2) is 0 Å². The number of hydrogen-bond donors (Lipinski definition) is 1. The lowest BCUT2D eigenvalue weighted by atomic mass is 10.0. The fourth-order valence-electron chi connectivity index (χ4n) is 0.803. The Morgan fingerprint density at radius 3 is 2.44 bits per heavy atom. The van der Waals surface area contributed by atoms with Gasteiger partial charge in [0.2, 0.25) is 0 Å². The molecule has 1 saturated heterocycles. The maximum Gasteiger partial charge on any atom is 0.189 e. The molecule has 0 amide bonds. The molecule has 1 aliphatic rings. The van der Waals surface area contributed by atoms with Crippen LogP contribution in [0.5, 0.6) is 0 Å². The number of ether oxygens (including phenoxy) is 1. The number of ketones is 1. The van der Waals surface area contributed by atoms with Gasteiger partial charge in [-0.05, 0) is 13.8 Å². The topological polar surface area (TPSA) is 46.5 Å². The molecule has 1 aliphatic heterocycles. The molecule has 0 aromatic heterocycles. The first-order valence-electron chi connectivity index (χ1n) is 2.89. The second-order valence-electron chi connectivity index (χ2n) is 2.76. The summed E-state index contributed by atoms with van der Waals surface area (Å²) in [4.78, 5) is 10.6. The van der Waals surface area contributed by atoms with Crippen LogP contribution < -0.4 is 0 Å². The highest BCUT2D eigenvalue weighted by Gasteiger charge is 2.40. The minimum Gasteiger partial charge on any atom is -0.382 e. The molecule has 0 spiro atoms. The SMILES string of the molecule is CC1(C)OCC(=O)[C@H]1O. The Morgan fingerprint density at radius 2 is 2.33 bits per heavy atom. The molecule has 52 valence electrons. The van der Waals surface area contributed by atoms with E-state index in [4.69, 9.17) is 9.84 Å². The van der Waals surface area contributed by atoms with Gasteiger partial charge in [-0.1, -0.05) is 0 Å². The maximum absolute atomic E-state index is 10.6. The van der Waals surface area contributed by atoms with Crippen molar-refractivity contribution in [3.63, 3.8) is 0 Å². The summed E-state index contributed by atoms with van der Waals surface area (Å²) >= 11 is 0. The van der Waals surface area contributed by atoms with Gasteiger partial charge in [-0.15, -0.1) is 0 Å². The molecule has 1 atom stereocenters. The zero-order valence-electron chi connectivity index (χ0n) is 5.55. The maximum atomic E-state index is 10.6. The number of rotatable bonds is 0. The van der Waals surface area contributed by atoms with Crippen LogP contribution in [0.25, 0.3) is 0 Å². The highest BCUT2D eigenvalue weighted by atomic mass is 16.5. The third kappa shape index (κ3) is 0.976. The van der Waals surface area contributed by atoms with E-state index in [1.165, 1.54) is 0 Å². The molecular formula is C6H10O3. The highest BCUT2D eigenvalue weighted by molar-refractivity contribution is 5.87. The number of carbonyl (C=O) groups is 1. The van der Waals surface area contributed by atoms with Gasteiger partial charge in [-0.3, -0.25) is 4.79 Å². The van der Waals surface area contributed by atoms with Crippen molar-refractivity contribution in [1.29, 1.82) is 0 Å². The predicted molar refractivity (Wildman–Crippen MR) is 31.0 cm³/mol. The fraction of sp³-hybridized carbons (Fsp3) is 0.833. The normalized spacial score (nSPS) is 33.2. The minimum atomic E-state index is -0.933. The van der Waals surface area contributed by atoms with E-state index in [0.717, 1.165) is 0 Å². The van der Waals surface area contributed by atoms with Crippen LogP contribution in [-0.4, -0.2) is 29.2 Å². The molecule has 1 N–H and O–H groups in total. The summed E-state index contributed by atoms with van der Waals surface area (Å²) in [6, 6.07) is 0. The zero-order chi connectivity index (χ0) is 7.07. The van der Waals surface area contributed by atoms with E-state index in [2.05, 4.69) is 0 Å². The number of aliphatic hydroxyl groups is 1. The van der Waals surface area contributed by atoms with Gasteiger partial charge >= 0.3 is 0 Å². The van der Waals surface area contributed by atoms with Gasteiger partial charge in [0.25, 0.3) is 0 Å². The van der Waals surface area contributed by atoms with Crippen molar-refractivity contribution in [1.82, 2.24) is 0 Å². The van der Waals surface area contributed by atoms with E-state index in [0.29, 0.717) is 0 Å². The third-order valence-electron chi connectivity index (χ3n) is 1.55. The number of carbonyl (C=O) groups excluding carboxylic acids is 1. The summed E-state index contributed by atoms with van der Waals surface area (Å²) in [5, 5.41) is 9.05. The van der Waals surface area contributed by atoms with Gasteiger partial charge in [0, 0.05) is 0 Å². The number of aliphatic hydroxyl groups excluding tert-OH is 1. The first-order chi connectivity index (χ1) is 4.04.